The van der Waals surface area contributed by atoms with Crippen molar-refractivity contribution in [3.8, 4) is 0 Å². The minimum atomic E-state index is -1.43. The summed E-state index contributed by atoms with van der Waals surface area (Å²) in [6.45, 7) is 1.51. The van der Waals surface area contributed by atoms with Gasteiger partial charge in [0.25, 0.3) is 0 Å². The van der Waals surface area contributed by atoms with Crippen LogP contribution in [0.15, 0.2) is 5.29 Å². The molecular weight excluding hydrogens is 298 g/mol. The van der Waals surface area contributed by atoms with Crippen molar-refractivity contribution in [2.75, 3.05) is 20.3 Å². The van der Waals surface area contributed by atoms with Crippen LogP contribution in [0.1, 0.15) is 19.8 Å². The van der Waals surface area contributed by atoms with Gasteiger partial charge in [0.15, 0.2) is 6.29 Å². The van der Waals surface area contributed by atoms with Gasteiger partial charge in [-0.1, -0.05) is 13.3 Å². The van der Waals surface area contributed by atoms with Crippen LogP contribution >= 0.6 is 0 Å². The van der Waals surface area contributed by atoms with Crippen LogP contribution in [-0.2, 0) is 9.47 Å². The number of ether oxygens (including phenoxy) is 2. The molecular formula is C12H23N3O7. The highest BCUT2D eigenvalue weighted by Gasteiger charge is 2.45. The fraction of sp³-hybridized carbons (Fsp3) is 0.917. The van der Waals surface area contributed by atoms with E-state index in [2.05, 4.69) is 10.6 Å². The second-order valence-corrected chi connectivity index (χ2v) is 4.98. The average Bonchev–Trinajstić information content (AvgIpc) is 2.53. The van der Waals surface area contributed by atoms with Crippen LogP contribution in [0.25, 0.3) is 0 Å². The number of nitroso groups, excluding NO2 is 1. The lowest BCUT2D eigenvalue weighted by Crippen LogP contribution is -2.65. The Hall–Kier alpha value is -1.33. The Morgan fingerprint density at radius 3 is 2.59 bits per heavy atom. The Bertz CT molecular complexity index is 369. The van der Waals surface area contributed by atoms with Crippen molar-refractivity contribution in [3.05, 3.63) is 4.91 Å². The summed E-state index contributed by atoms with van der Waals surface area (Å²) in [4.78, 5) is 22.7. The minimum absolute atomic E-state index is 0.134. The molecule has 0 bridgehead atoms. The molecule has 1 rings (SSSR count). The maximum atomic E-state index is 12.0. The lowest BCUT2D eigenvalue weighted by atomic mass is 9.97. The highest BCUT2D eigenvalue weighted by molar-refractivity contribution is 5.74. The number of carbonyl (C=O) groups excluding carboxylic acids is 1. The zero-order chi connectivity index (χ0) is 16.7. The molecule has 1 aliphatic rings. The first-order valence-electron chi connectivity index (χ1n) is 7.06. The van der Waals surface area contributed by atoms with E-state index in [1.807, 2.05) is 6.92 Å². The van der Waals surface area contributed by atoms with Gasteiger partial charge in [0.2, 0.25) is 0 Å². The number of aliphatic hydroxyl groups is 3. The third-order valence-corrected chi connectivity index (χ3v) is 3.46. The maximum Gasteiger partial charge on any atom is 0.340 e. The van der Waals surface area contributed by atoms with Crippen molar-refractivity contribution < 1.29 is 29.6 Å². The van der Waals surface area contributed by atoms with Crippen molar-refractivity contribution in [2.45, 2.75) is 50.4 Å². The van der Waals surface area contributed by atoms with Gasteiger partial charge in [-0.05, 0) is 6.42 Å². The van der Waals surface area contributed by atoms with Gasteiger partial charge in [-0.3, -0.25) is 0 Å². The molecule has 10 heteroatoms. The summed E-state index contributed by atoms with van der Waals surface area (Å²) in [5.41, 5.74) is 0. The first-order chi connectivity index (χ1) is 10.5. The third kappa shape index (κ3) is 4.34. The van der Waals surface area contributed by atoms with Gasteiger partial charge in [0, 0.05) is 13.7 Å². The topological polar surface area (TPSA) is 141 Å². The maximum absolute atomic E-state index is 12.0. The largest absolute Gasteiger partial charge is 0.394 e. The molecule has 0 aromatic heterocycles. The molecule has 1 heterocycles. The molecule has 0 unspecified atom stereocenters. The lowest BCUT2D eigenvalue weighted by Gasteiger charge is -2.41. The second kappa shape index (κ2) is 8.96. The predicted octanol–water partition coefficient (Wildman–Crippen LogP) is -1.07. The van der Waals surface area contributed by atoms with E-state index in [4.69, 9.17) is 14.6 Å². The molecule has 128 valence electrons. The molecule has 4 N–H and O–H groups in total. The van der Waals surface area contributed by atoms with Crippen molar-refractivity contribution in [1.82, 2.24) is 10.3 Å². The van der Waals surface area contributed by atoms with Crippen LogP contribution in [-0.4, -0.2) is 77.3 Å². The van der Waals surface area contributed by atoms with Crippen LogP contribution in [0.4, 0.5) is 4.79 Å². The Morgan fingerprint density at radius 2 is 2.09 bits per heavy atom. The molecule has 0 aromatic carbocycles. The summed E-state index contributed by atoms with van der Waals surface area (Å²) in [5, 5.41) is 34.6. The van der Waals surface area contributed by atoms with E-state index in [0.29, 0.717) is 11.4 Å². The highest BCUT2D eigenvalue weighted by atomic mass is 16.7. The molecule has 0 saturated carbocycles. The number of methoxy groups -OCH3 is 1. The summed E-state index contributed by atoms with van der Waals surface area (Å²) in [7, 11) is 1.29. The summed E-state index contributed by atoms with van der Waals surface area (Å²) in [6, 6.07) is -1.94. The number of carbonyl (C=O) groups is 1. The van der Waals surface area contributed by atoms with E-state index in [9.17, 15) is 19.9 Å². The van der Waals surface area contributed by atoms with E-state index in [0.717, 1.165) is 6.42 Å². The van der Waals surface area contributed by atoms with Gasteiger partial charge in [-0.2, -0.15) is 5.01 Å². The predicted molar refractivity (Wildman–Crippen MR) is 74.5 cm³/mol. The van der Waals surface area contributed by atoms with E-state index in [1.54, 1.807) is 0 Å². The summed E-state index contributed by atoms with van der Waals surface area (Å²) < 4.78 is 10.3. The quantitative estimate of drug-likeness (QED) is 0.346. The first kappa shape index (κ1) is 18.7. The molecule has 5 atom stereocenters. The molecule has 1 aliphatic heterocycles. The number of rotatable bonds is 7. The monoisotopic (exact) mass is 321 g/mol. The molecule has 1 saturated heterocycles. The minimum Gasteiger partial charge on any atom is -0.394 e. The van der Waals surface area contributed by atoms with Crippen LogP contribution in [0, 0.1) is 4.91 Å². The number of hydrogen-bond donors (Lipinski definition) is 4. The Morgan fingerprint density at radius 1 is 1.41 bits per heavy atom. The number of nitrogens with one attached hydrogen (secondary N) is 1. The molecule has 10 nitrogen and oxygen atoms in total. The number of unbranched alkanes of at least 4 members (excludes halogenated alkanes) is 1. The van der Waals surface area contributed by atoms with E-state index < -0.39 is 43.3 Å². The van der Waals surface area contributed by atoms with E-state index in [-0.39, 0.29) is 6.54 Å². The van der Waals surface area contributed by atoms with Crippen LogP contribution < -0.4 is 5.32 Å². The van der Waals surface area contributed by atoms with Gasteiger partial charge < -0.3 is 30.1 Å². The van der Waals surface area contributed by atoms with Crippen LogP contribution in [0.2, 0.25) is 0 Å². The fourth-order valence-corrected chi connectivity index (χ4v) is 2.14. The highest BCUT2D eigenvalue weighted by Crippen LogP contribution is 2.21. The molecule has 0 spiro atoms. The normalized spacial score (nSPS) is 31.6. The van der Waals surface area contributed by atoms with Crippen LogP contribution in [0.5, 0.6) is 0 Å². The molecule has 2 amide bonds. The Balaban J connectivity index is 2.75. The van der Waals surface area contributed by atoms with Gasteiger partial charge in [-0.25, -0.2) is 4.79 Å². The van der Waals surface area contributed by atoms with Crippen LogP contribution in [0.3, 0.4) is 0 Å². The number of nitrogens with zero attached hydrogens (tertiary/aromatic N) is 2. The fourth-order valence-electron chi connectivity index (χ4n) is 2.14. The Labute approximate surface area is 127 Å². The van der Waals surface area contributed by atoms with Crippen molar-refractivity contribution in [2.24, 2.45) is 5.29 Å². The number of aliphatic hydroxyl groups excluding tert-OH is 3. The molecule has 1 fully saturated rings. The summed E-state index contributed by atoms with van der Waals surface area (Å²) >= 11 is 0. The number of urea groups is 1. The standard InChI is InChI=1S/C12H23N3O7/c1-3-4-5-15(14-20)12(19)13-8-10(18)9(17)7(6-16)22-11(8)21-2/h7-11,16-18H,3-6H2,1-2H3,(H,13,19)/t7-,8-,9-,10-,11+/m1/s1. The second-order valence-electron chi connectivity index (χ2n) is 4.98. The molecule has 0 radical (unpaired) electrons. The number of amides is 2. The third-order valence-electron chi connectivity index (χ3n) is 3.46. The van der Waals surface area contributed by atoms with Crippen molar-refractivity contribution in [3.63, 3.8) is 0 Å². The van der Waals surface area contributed by atoms with Gasteiger partial charge in [0.1, 0.15) is 24.4 Å². The molecule has 0 aromatic rings. The molecule has 22 heavy (non-hydrogen) atoms. The van der Waals surface area contributed by atoms with Gasteiger partial charge in [0.05, 0.1) is 11.9 Å². The smallest absolute Gasteiger partial charge is 0.340 e. The zero-order valence-electron chi connectivity index (χ0n) is 12.6. The van der Waals surface area contributed by atoms with Gasteiger partial charge >= 0.3 is 6.03 Å². The lowest BCUT2D eigenvalue weighted by molar-refractivity contribution is -0.261. The molecule has 0 aliphatic carbocycles. The van der Waals surface area contributed by atoms with E-state index in [1.165, 1.54) is 7.11 Å². The SMILES string of the molecule is CCCCN(N=O)C(=O)N[C@H]1[C@@H](OC)O[C@H](CO)[C@@H](O)[C@@H]1O. The van der Waals surface area contributed by atoms with E-state index >= 15 is 0 Å². The summed E-state index contributed by atoms with van der Waals surface area (Å²) in [6.07, 6.45) is -3.60. The summed E-state index contributed by atoms with van der Waals surface area (Å²) in [5.74, 6) is 0. The zero-order valence-corrected chi connectivity index (χ0v) is 12.6. The average molecular weight is 321 g/mol. The first-order valence-corrected chi connectivity index (χ1v) is 7.06. The van der Waals surface area contributed by atoms with Crippen molar-refractivity contribution >= 4 is 6.03 Å². The van der Waals surface area contributed by atoms with Gasteiger partial charge in [-0.15, -0.1) is 4.91 Å². The Kier molecular flexibility index (Phi) is 7.62. The number of hydrogen-bond acceptors (Lipinski definition) is 8. The van der Waals surface area contributed by atoms with Crippen molar-refractivity contribution in [1.29, 1.82) is 0 Å².